The van der Waals surface area contributed by atoms with Crippen LogP contribution in [0.4, 0.5) is 13.2 Å². The molecule has 3 aliphatic rings. The van der Waals surface area contributed by atoms with Crippen molar-refractivity contribution in [3.63, 3.8) is 0 Å². The Bertz CT molecular complexity index is 1060. The topological polar surface area (TPSA) is 73.4 Å². The van der Waals surface area contributed by atoms with Gasteiger partial charge in [0.25, 0.3) is 0 Å². The molecule has 2 fully saturated rings. The van der Waals surface area contributed by atoms with E-state index in [0.717, 1.165) is 35.1 Å². The van der Waals surface area contributed by atoms with E-state index in [4.69, 9.17) is 10.5 Å². The number of halogens is 3. The Morgan fingerprint density at radius 1 is 1.25 bits per heavy atom. The van der Waals surface area contributed by atoms with Gasteiger partial charge in [-0.1, -0.05) is 12.1 Å². The van der Waals surface area contributed by atoms with Gasteiger partial charge in [0.2, 0.25) is 5.91 Å². The number of likely N-dealkylation sites (tertiary alicyclic amines) is 1. The molecule has 2 N–H and O–H groups in total. The van der Waals surface area contributed by atoms with Crippen LogP contribution in [0.3, 0.4) is 0 Å². The van der Waals surface area contributed by atoms with Crippen LogP contribution in [-0.4, -0.2) is 40.3 Å². The van der Waals surface area contributed by atoms with Gasteiger partial charge >= 0.3 is 6.18 Å². The first kappa shape index (κ1) is 21.3. The number of aromatic nitrogens is 2. The average molecular weight is 448 g/mol. The average Bonchev–Trinajstić information content (AvgIpc) is 3.48. The highest BCUT2D eigenvalue weighted by Crippen LogP contribution is 2.56. The minimum absolute atomic E-state index is 0.0832. The van der Waals surface area contributed by atoms with Gasteiger partial charge in [0.15, 0.2) is 0 Å². The monoisotopic (exact) mass is 448 g/mol. The molecule has 1 aromatic carbocycles. The lowest BCUT2D eigenvalue weighted by Gasteiger charge is -2.29. The molecule has 9 heteroatoms. The number of nitrogens with two attached hydrogens (primary N) is 1. The van der Waals surface area contributed by atoms with Crippen LogP contribution in [0.25, 0.3) is 0 Å². The molecule has 1 aromatic heterocycles. The summed E-state index contributed by atoms with van der Waals surface area (Å²) in [5.41, 5.74) is 8.21. The molecule has 0 spiro atoms. The minimum Gasteiger partial charge on any atom is -0.496 e. The summed E-state index contributed by atoms with van der Waals surface area (Å²) in [6, 6.07) is 4.86. The number of amides is 1. The van der Waals surface area contributed by atoms with E-state index in [1.807, 2.05) is 25.1 Å². The van der Waals surface area contributed by atoms with Crippen molar-refractivity contribution in [1.82, 2.24) is 14.7 Å². The summed E-state index contributed by atoms with van der Waals surface area (Å²) < 4.78 is 48.3. The molecule has 1 saturated carbocycles. The Kier molecular flexibility index (Phi) is 5.00. The zero-order chi connectivity index (χ0) is 22.8. The molecule has 32 heavy (non-hydrogen) atoms. The second-order valence-corrected chi connectivity index (χ2v) is 9.17. The Morgan fingerprint density at radius 2 is 2.00 bits per heavy atom. The molecule has 1 amide bonds. The smallest absolute Gasteiger partial charge is 0.433 e. The molecule has 0 radical (unpaired) electrons. The fourth-order valence-corrected chi connectivity index (χ4v) is 5.99. The van der Waals surface area contributed by atoms with Crippen LogP contribution >= 0.6 is 0 Å². The molecule has 2 bridgehead atoms. The maximum atomic E-state index is 14.0. The van der Waals surface area contributed by atoms with Crippen molar-refractivity contribution in [3.05, 3.63) is 46.3 Å². The van der Waals surface area contributed by atoms with E-state index in [9.17, 15) is 18.0 Å². The predicted molar refractivity (Wildman–Crippen MR) is 111 cm³/mol. The molecule has 6 nitrogen and oxygen atoms in total. The summed E-state index contributed by atoms with van der Waals surface area (Å²) in [7, 11) is 1.58. The van der Waals surface area contributed by atoms with Crippen molar-refractivity contribution < 1.29 is 22.7 Å². The summed E-state index contributed by atoms with van der Waals surface area (Å²) in [5, 5.41) is 4.31. The lowest BCUT2D eigenvalue weighted by atomic mass is 9.95. The van der Waals surface area contributed by atoms with Crippen molar-refractivity contribution in [3.8, 4) is 5.75 Å². The van der Waals surface area contributed by atoms with Crippen LogP contribution in [0, 0.1) is 6.92 Å². The molecule has 1 saturated heterocycles. The molecule has 1 aliphatic heterocycles. The van der Waals surface area contributed by atoms with Gasteiger partial charge in [-0.2, -0.15) is 18.3 Å². The van der Waals surface area contributed by atoms with E-state index < -0.39 is 30.4 Å². The Labute approximate surface area is 184 Å². The van der Waals surface area contributed by atoms with Crippen molar-refractivity contribution in [1.29, 1.82) is 0 Å². The first-order chi connectivity index (χ1) is 15.2. The number of hydrogen-bond donors (Lipinski definition) is 1. The van der Waals surface area contributed by atoms with Crippen LogP contribution in [0.1, 0.15) is 71.6 Å². The quantitative estimate of drug-likeness (QED) is 0.770. The Hall–Kier alpha value is -2.55. The van der Waals surface area contributed by atoms with Crippen LogP contribution < -0.4 is 10.5 Å². The van der Waals surface area contributed by atoms with Gasteiger partial charge in [0, 0.05) is 24.1 Å². The summed E-state index contributed by atoms with van der Waals surface area (Å²) in [4.78, 5) is 14.9. The van der Waals surface area contributed by atoms with Crippen molar-refractivity contribution in [2.45, 2.75) is 69.2 Å². The number of hydrogen-bond acceptors (Lipinski definition) is 4. The van der Waals surface area contributed by atoms with Crippen LogP contribution in [0.2, 0.25) is 0 Å². The van der Waals surface area contributed by atoms with Gasteiger partial charge in [-0.3, -0.25) is 9.48 Å². The second-order valence-electron chi connectivity index (χ2n) is 9.17. The number of carbonyl (C=O) groups is 1. The van der Waals surface area contributed by atoms with Crippen molar-refractivity contribution in [2.24, 2.45) is 5.73 Å². The molecule has 2 aromatic rings. The highest BCUT2D eigenvalue weighted by atomic mass is 19.4. The fraction of sp³-hybridized carbons (Fsp3) is 0.565. The molecule has 2 heterocycles. The fourth-order valence-electron chi connectivity index (χ4n) is 5.99. The number of rotatable bonds is 4. The minimum atomic E-state index is -4.55. The summed E-state index contributed by atoms with van der Waals surface area (Å²) in [5.74, 6) is 0.277. The standard InChI is InChI=1S/C23H27F3N4O2/c1-12-15(4-3-5-17(12)32-2)21-16(27)8-9-29(21)18(31)11-30-22(23(24,25)26)19-13-6-7-14(10-13)20(19)28-30/h3-5,13-14,16,21H,6-11,27H2,1-2H3/t13?,14?,16-,21-/m1/s1. The van der Waals surface area contributed by atoms with E-state index in [-0.39, 0.29) is 17.9 Å². The molecule has 5 rings (SSSR count). The van der Waals surface area contributed by atoms with E-state index in [1.54, 1.807) is 12.0 Å². The lowest BCUT2D eigenvalue weighted by molar-refractivity contribution is -0.146. The van der Waals surface area contributed by atoms with E-state index in [0.29, 0.717) is 30.0 Å². The first-order valence-corrected chi connectivity index (χ1v) is 11.1. The molecule has 2 aliphatic carbocycles. The number of methoxy groups -OCH3 is 1. The number of fused-ring (bicyclic) bond motifs is 5. The first-order valence-electron chi connectivity index (χ1n) is 11.1. The Balaban J connectivity index is 1.47. The lowest BCUT2D eigenvalue weighted by Crippen LogP contribution is -2.38. The van der Waals surface area contributed by atoms with Gasteiger partial charge in [-0.05, 0) is 55.7 Å². The SMILES string of the molecule is COc1cccc([C@@H]2[C@H](N)CCN2C(=O)Cn2nc3c(c2C(F)(F)F)C2CCC3C2)c1C. The summed E-state index contributed by atoms with van der Waals surface area (Å²) >= 11 is 0. The van der Waals surface area contributed by atoms with Crippen LogP contribution in [0.5, 0.6) is 5.75 Å². The van der Waals surface area contributed by atoms with E-state index in [2.05, 4.69) is 5.10 Å². The maximum Gasteiger partial charge on any atom is 0.433 e. The van der Waals surface area contributed by atoms with E-state index >= 15 is 0 Å². The predicted octanol–water partition coefficient (Wildman–Crippen LogP) is 3.88. The number of ether oxygens (including phenoxy) is 1. The van der Waals surface area contributed by atoms with Gasteiger partial charge < -0.3 is 15.4 Å². The van der Waals surface area contributed by atoms with Gasteiger partial charge in [0.05, 0.1) is 18.8 Å². The van der Waals surface area contributed by atoms with Crippen molar-refractivity contribution in [2.75, 3.05) is 13.7 Å². The molecule has 4 atom stereocenters. The molecule has 172 valence electrons. The zero-order valence-electron chi connectivity index (χ0n) is 18.2. The molecular formula is C23H27F3N4O2. The molecule has 2 unspecified atom stereocenters. The number of carbonyl (C=O) groups excluding carboxylic acids is 1. The Morgan fingerprint density at radius 3 is 2.72 bits per heavy atom. The van der Waals surface area contributed by atoms with Gasteiger partial charge in [-0.15, -0.1) is 0 Å². The number of alkyl halides is 3. The van der Waals surface area contributed by atoms with Gasteiger partial charge in [-0.25, -0.2) is 0 Å². The zero-order valence-corrected chi connectivity index (χ0v) is 18.2. The van der Waals surface area contributed by atoms with Crippen LogP contribution in [-0.2, 0) is 17.5 Å². The highest BCUT2D eigenvalue weighted by molar-refractivity contribution is 5.77. The number of benzene rings is 1. The largest absolute Gasteiger partial charge is 0.496 e. The van der Waals surface area contributed by atoms with Crippen molar-refractivity contribution >= 4 is 5.91 Å². The second kappa shape index (κ2) is 7.50. The molecular weight excluding hydrogens is 421 g/mol. The third kappa shape index (κ3) is 3.20. The third-order valence-corrected chi connectivity index (χ3v) is 7.43. The summed E-state index contributed by atoms with van der Waals surface area (Å²) in [6.45, 7) is 1.86. The van der Waals surface area contributed by atoms with Crippen LogP contribution in [0.15, 0.2) is 18.2 Å². The maximum absolute atomic E-state index is 14.0. The van der Waals surface area contributed by atoms with E-state index in [1.165, 1.54) is 0 Å². The highest BCUT2D eigenvalue weighted by Gasteiger charge is 2.49. The normalized spacial score (nSPS) is 26.6. The summed E-state index contributed by atoms with van der Waals surface area (Å²) in [6.07, 6.45) is -1.58. The third-order valence-electron chi connectivity index (χ3n) is 7.43. The number of nitrogens with zero attached hydrogens (tertiary/aromatic N) is 3. The van der Waals surface area contributed by atoms with Gasteiger partial charge in [0.1, 0.15) is 18.0 Å².